The van der Waals surface area contributed by atoms with Gasteiger partial charge in [0.15, 0.2) is 0 Å². The van der Waals surface area contributed by atoms with Gasteiger partial charge in [0.1, 0.15) is 6.04 Å². The summed E-state index contributed by atoms with van der Waals surface area (Å²) in [6.07, 6.45) is 0.813. The Bertz CT molecular complexity index is 385. The summed E-state index contributed by atoms with van der Waals surface area (Å²) in [5, 5.41) is 9.25. The molecule has 2 heterocycles. The first-order valence-electron chi connectivity index (χ1n) is 6.90. The van der Waals surface area contributed by atoms with Gasteiger partial charge < -0.3 is 14.7 Å². The van der Waals surface area contributed by atoms with E-state index in [-0.39, 0.29) is 23.4 Å². The Labute approximate surface area is 123 Å². The van der Waals surface area contributed by atoms with Crippen LogP contribution in [0.4, 0.5) is 4.79 Å². The van der Waals surface area contributed by atoms with E-state index in [2.05, 4.69) is 0 Å². The molecule has 3 unspecified atom stereocenters. The highest BCUT2D eigenvalue weighted by atomic mass is 32.2. The van der Waals surface area contributed by atoms with Gasteiger partial charge in [-0.25, -0.2) is 9.59 Å². The molecule has 2 rings (SSSR count). The van der Waals surface area contributed by atoms with Crippen LogP contribution in [0.25, 0.3) is 0 Å². The second-order valence-corrected chi connectivity index (χ2v) is 6.79. The molecule has 2 fully saturated rings. The molecule has 3 atom stereocenters. The number of hydrogen-bond acceptors (Lipinski definition) is 4. The topological polar surface area (TPSA) is 70.1 Å². The number of ether oxygens (including phenoxy) is 1. The van der Waals surface area contributed by atoms with Crippen molar-refractivity contribution in [1.29, 1.82) is 0 Å². The van der Waals surface area contributed by atoms with Crippen molar-refractivity contribution >= 4 is 23.8 Å². The van der Waals surface area contributed by atoms with Crippen molar-refractivity contribution in [2.24, 2.45) is 5.92 Å². The number of carboxylic acid groups (broad SMARTS) is 1. The predicted octanol–water partition coefficient (Wildman–Crippen LogP) is 1.31. The molecular weight excluding hydrogens is 280 g/mol. The van der Waals surface area contributed by atoms with Gasteiger partial charge >= 0.3 is 12.0 Å². The number of likely N-dealkylation sites (N-methyl/N-ethyl adjacent to an activating group) is 1. The van der Waals surface area contributed by atoms with Crippen LogP contribution in [-0.2, 0) is 9.53 Å². The molecule has 2 aliphatic heterocycles. The van der Waals surface area contributed by atoms with Crippen molar-refractivity contribution in [1.82, 2.24) is 9.80 Å². The third-order valence-electron chi connectivity index (χ3n) is 3.87. The summed E-state index contributed by atoms with van der Waals surface area (Å²) in [6, 6.07) is -0.878. The molecule has 0 radical (unpaired) electrons. The highest BCUT2D eigenvalue weighted by Crippen LogP contribution is 2.35. The van der Waals surface area contributed by atoms with Gasteiger partial charge in [0.25, 0.3) is 0 Å². The van der Waals surface area contributed by atoms with E-state index in [0.29, 0.717) is 19.0 Å². The molecule has 1 N–H and O–H groups in total. The van der Waals surface area contributed by atoms with Gasteiger partial charge in [0.05, 0.1) is 18.0 Å². The molecule has 2 saturated heterocycles. The Morgan fingerprint density at radius 2 is 2.15 bits per heavy atom. The number of rotatable bonds is 3. The Morgan fingerprint density at radius 3 is 2.65 bits per heavy atom. The largest absolute Gasteiger partial charge is 0.480 e. The van der Waals surface area contributed by atoms with E-state index >= 15 is 0 Å². The van der Waals surface area contributed by atoms with E-state index in [1.165, 1.54) is 4.90 Å². The molecule has 20 heavy (non-hydrogen) atoms. The van der Waals surface area contributed by atoms with E-state index in [9.17, 15) is 14.7 Å². The van der Waals surface area contributed by atoms with Crippen molar-refractivity contribution in [2.75, 3.05) is 26.0 Å². The quantitative estimate of drug-likeness (QED) is 0.851. The summed E-state index contributed by atoms with van der Waals surface area (Å²) < 4.78 is 5.31. The number of nitrogens with zero attached hydrogens (tertiary/aromatic N) is 2. The molecule has 114 valence electrons. The highest BCUT2D eigenvalue weighted by Gasteiger charge is 2.44. The first-order chi connectivity index (χ1) is 9.43. The second-order valence-electron chi connectivity index (χ2n) is 5.64. The van der Waals surface area contributed by atoms with Crippen LogP contribution in [0.1, 0.15) is 20.3 Å². The van der Waals surface area contributed by atoms with Crippen LogP contribution < -0.4 is 0 Å². The average molecular weight is 302 g/mol. The Kier molecular flexibility index (Phi) is 4.80. The predicted molar refractivity (Wildman–Crippen MR) is 76.7 cm³/mol. The normalized spacial score (nSPS) is 30.0. The summed E-state index contributed by atoms with van der Waals surface area (Å²) >= 11 is 1.55. The summed E-state index contributed by atoms with van der Waals surface area (Å²) in [5.41, 5.74) is 0. The standard InChI is InChI=1S/C13H22N2O4S/c1-8(2)11-15(10(7-20-11)12(16)17)13(18)14(3)9-4-5-19-6-9/h8-11H,4-7H2,1-3H3,(H,16,17). The van der Waals surface area contributed by atoms with E-state index in [0.717, 1.165) is 6.42 Å². The van der Waals surface area contributed by atoms with E-state index in [4.69, 9.17) is 4.74 Å². The van der Waals surface area contributed by atoms with Crippen molar-refractivity contribution < 1.29 is 19.4 Å². The first-order valence-corrected chi connectivity index (χ1v) is 7.95. The number of urea groups is 1. The maximum absolute atomic E-state index is 12.7. The minimum absolute atomic E-state index is 0.0513. The average Bonchev–Trinajstić information content (AvgIpc) is 3.05. The maximum Gasteiger partial charge on any atom is 0.327 e. The summed E-state index contributed by atoms with van der Waals surface area (Å²) in [6.45, 7) is 5.22. The molecule has 0 aromatic heterocycles. The zero-order valence-corrected chi connectivity index (χ0v) is 12.9. The molecule has 0 saturated carbocycles. The molecule has 2 amide bonds. The second kappa shape index (κ2) is 6.22. The minimum atomic E-state index is -0.926. The molecular formula is C13H22N2O4S. The molecule has 6 nitrogen and oxygen atoms in total. The van der Waals surface area contributed by atoms with Crippen LogP contribution >= 0.6 is 11.8 Å². The van der Waals surface area contributed by atoms with Gasteiger partial charge in [0.2, 0.25) is 0 Å². The number of carboxylic acids is 1. The highest BCUT2D eigenvalue weighted by molar-refractivity contribution is 8.00. The third kappa shape index (κ3) is 2.88. The lowest BCUT2D eigenvalue weighted by Gasteiger charge is -2.35. The Hall–Kier alpha value is -0.950. The summed E-state index contributed by atoms with van der Waals surface area (Å²) in [4.78, 5) is 27.2. The number of hydrogen-bond donors (Lipinski definition) is 1. The van der Waals surface area contributed by atoms with Gasteiger partial charge in [-0.3, -0.25) is 4.90 Å². The van der Waals surface area contributed by atoms with Gasteiger partial charge in [-0.1, -0.05) is 13.8 Å². The van der Waals surface area contributed by atoms with Crippen LogP contribution in [0.3, 0.4) is 0 Å². The first kappa shape index (κ1) is 15.4. The van der Waals surface area contributed by atoms with Crippen molar-refractivity contribution in [3.8, 4) is 0 Å². The van der Waals surface area contributed by atoms with Gasteiger partial charge in [-0.05, 0) is 12.3 Å². The number of thioether (sulfide) groups is 1. The van der Waals surface area contributed by atoms with Gasteiger partial charge in [0, 0.05) is 19.4 Å². The smallest absolute Gasteiger partial charge is 0.327 e. The zero-order chi connectivity index (χ0) is 14.9. The van der Waals surface area contributed by atoms with Crippen LogP contribution in [0, 0.1) is 5.92 Å². The van der Waals surface area contributed by atoms with E-state index in [1.54, 1.807) is 23.7 Å². The Morgan fingerprint density at radius 1 is 1.45 bits per heavy atom. The number of aliphatic carboxylic acids is 1. The maximum atomic E-state index is 12.7. The van der Waals surface area contributed by atoms with Crippen LogP contribution in [-0.4, -0.2) is 70.4 Å². The van der Waals surface area contributed by atoms with Gasteiger partial charge in [-0.15, -0.1) is 11.8 Å². The lowest BCUT2D eigenvalue weighted by atomic mass is 10.1. The molecule has 0 aromatic rings. The number of carbonyl (C=O) groups is 2. The van der Waals surface area contributed by atoms with Crippen molar-refractivity contribution in [3.63, 3.8) is 0 Å². The SMILES string of the molecule is CC(C)C1SCC(C(=O)O)N1C(=O)N(C)C1CCOC1. The molecule has 2 aliphatic rings. The monoisotopic (exact) mass is 302 g/mol. The summed E-state index contributed by atoms with van der Waals surface area (Å²) in [7, 11) is 1.74. The molecule has 0 aliphatic carbocycles. The van der Waals surface area contributed by atoms with Crippen LogP contribution in [0.5, 0.6) is 0 Å². The lowest BCUT2D eigenvalue weighted by molar-refractivity contribution is -0.141. The van der Waals surface area contributed by atoms with Crippen LogP contribution in [0.15, 0.2) is 0 Å². The fraction of sp³-hybridized carbons (Fsp3) is 0.846. The van der Waals surface area contributed by atoms with E-state index < -0.39 is 12.0 Å². The molecule has 0 spiro atoms. The molecule has 7 heteroatoms. The molecule has 0 aromatic carbocycles. The minimum Gasteiger partial charge on any atom is -0.480 e. The summed E-state index contributed by atoms with van der Waals surface area (Å²) in [5.74, 6) is -0.245. The van der Waals surface area contributed by atoms with Crippen molar-refractivity contribution in [3.05, 3.63) is 0 Å². The van der Waals surface area contributed by atoms with Crippen LogP contribution in [0.2, 0.25) is 0 Å². The van der Waals surface area contributed by atoms with Gasteiger partial charge in [-0.2, -0.15) is 0 Å². The number of amides is 2. The lowest BCUT2D eigenvalue weighted by Crippen LogP contribution is -2.54. The molecule has 0 bridgehead atoms. The fourth-order valence-electron chi connectivity index (χ4n) is 2.64. The fourth-order valence-corrected chi connectivity index (χ4v) is 4.10. The third-order valence-corrected chi connectivity index (χ3v) is 5.49. The zero-order valence-electron chi connectivity index (χ0n) is 12.1. The number of carbonyl (C=O) groups excluding carboxylic acids is 1. The van der Waals surface area contributed by atoms with Crippen molar-refractivity contribution in [2.45, 2.75) is 37.7 Å². The Balaban J connectivity index is 2.15. The van der Waals surface area contributed by atoms with E-state index in [1.807, 2.05) is 13.8 Å².